The highest BCUT2D eigenvalue weighted by atomic mass is 16.5. The lowest BCUT2D eigenvalue weighted by atomic mass is 10.1. The number of rotatable bonds is 4. The van der Waals surface area contributed by atoms with Gasteiger partial charge in [-0.25, -0.2) is 9.97 Å². The Hall–Kier alpha value is -3.28. The van der Waals surface area contributed by atoms with Gasteiger partial charge in [-0.05, 0) is 26.0 Å². The number of nitrogens with zero attached hydrogens (tertiary/aromatic N) is 4. The van der Waals surface area contributed by atoms with Crippen molar-refractivity contribution in [3.63, 3.8) is 0 Å². The Bertz CT molecular complexity index is 1010. The molecule has 0 aliphatic heterocycles. The normalized spacial score (nSPS) is 11.0. The first-order chi connectivity index (χ1) is 12.2. The monoisotopic (exact) mass is 331 g/mol. The van der Waals surface area contributed by atoms with Crippen LogP contribution in [0.3, 0.4) is 0 Å². The average Bonchev–Trinajstić information content (AvgIpc) is 3.05. The fraction of sp³-hybridized carbons (Fsp3) is 0.158. The molecule has 0 atom stereocenters. The summed E-state index contributed by atoms with van der Waals surface area (Å²) in [6, 6.07) is 13.9. The maximum Gasteiger partial charge on any atom is 0.228 e. The van der Waals surface area contributed by atoms with Gasteiger partial charge in [-0.3, -0.25) is 4.98 Å². The third-order valence-electron chi connectivity index (χ3n) is 3.92. The number of aryl methyl sites for hydroxylation is 2. The number of hydrogen-bond donors (Lipinski definition) is 1. The summed E-state index contributed by atoms with van der Waals surface area (Å²) in [6.45, 7) is 4.46. The lowest BCUT2D eigenvalue weighted by molar-refractivity contribution is 0.459. The van der Waals surface area contributed by atoms with E-state index in [0.29, 0.717) is 29.3 Å². The van der Waals surface area contributed by atoms with E-state index in [4.69, 9.17) is 4.52 Å². The zero-order chi connectivity index (χ0) is 17.2. The Morgan fingerprint density at radius 1 is 1.00 bits per heavy atom. The number of anilines is 1. The van der Waals surface area contributed by atoms with Crippen molar-refractivity contribution in [2.75, 3.05) is 5.32 Å². The molecule has 0 aliphatic rings. The maximum absolute atomic E-state index is 5.55. The molecule has 0 spiro atoms. The topological polar surface area (TPSA) is 76.7 Å². The summed E-state index contributed by atoms with van der Waals surface area (Å²) < 4.78 is 5.55. The van der Waals surface area contributed by atoms with Gasteiger partial charge in [0, 0.05) is 11.8 Å². The molecule has 0 saturated carbocycles. The Morgan fingerprint density at radius 3 is 2.60 bits per heavy atom. The van der Waals surface area contributed by atoms with Gasteiger partial charge in [0.05, 0.1) is 12.2 Å². The van der Waals surface area contributed by atoms with E-state index in [2.05, 4.69) is 32.3 Å². The highest BCUT2D eigenvalue weighted by Crippen LogP contribution is 2.30. The molecule has 4 aromatic rings. The van der Waals surface area contributed by atoms with Gasteiger partial charge in [-0.2, -0.15) is 0 Å². The Morgan fingerprint density at radius 2 is 1.84 bits per heavy atom. The minimum absolute atomic E-state index is 0.549. The molecule has 6 nitrogen and oxygen atoms in total. The fourth-order valence-electron chi connectivity index (χ4n) is 2.64. The van der Waals surface area contributed by atoms with Crippen LogP contribution in [0.15, 0.2) is 53.2 Å². The van der Waals surface area contributed by atoms with Crippen LogP contribution in [-0.2, 0) is 6.54 Å². The molecule has 0 saturated heterocycles. The number of benzene rings is 1. The first-order valence-electron chi connectivity index (χ1n) is 8.05. The zero-order valence-electron chi connectivity index (χ0n) is 14.0. The van der Waals surface area contributed by atoms with Crippen LogP contribution < -0.4 is 5.32 Å². The predicted octanol–water partition coefficient (Wildman–Crippen LogP) is 3.91. The van der Waals surface area contributed by atoms with E-state index < -0.39 is 0 Å². The van der Waals surface area contributed by atoms with E-state index in [1.165, 1.54) is 5.56 Å². The summed E-state index contributed by atoms with van der Waals surface area (Å²) in [5.41, 5.74) is 5.07. The predicted molar refractivity (Wildman–Crippen MR) is 96.1 cm³/mol. The van der Waals surface area contributed by atoms with Crippen LogP contribution in [0.4, 0.5) is 5.82 Å². The molecule has 3 aromatic heterocycles. The van der Waals surface area contributed by atoms with Gasteiger partial charge < -0.3 is 9.84 Å². The molecular formula is C19H17N5O. The molecular weight excluding hydrogens is 314 g/mol. The number of fused-ring (bicyclic) bond motifs is 1. The smallest absolute Gasteiger partial charge is 0.228 e. The number of pyridine rings is 1. The standard InChI is InChI=1S/C19H17N5O/c1-12-6-8-14(9-7-12)16-17-18(25-24-16)19(23-13(2)22-17)21-11-15-5-3-4-10-20-15/h3-10H,11H2,1-2H3,(H,21,22,23). The SMILES string of the molecule is Cc1ccc(-c2noc3c(NCc4ccccn4)nc(C)nc23)cc1. The molecule has 4 rings (SSSR count). The second-order valence-electron chi connectivity index (χ2n) is 5.87. The van der Waals surface area contributed by atoms with Gasteiger partial charge in [-0.15, -0.1) is 0 Å². The molecule has 0 unspecified atom stereocenters. The van der Waals surface area contributed by atoms with Gasteiger partial charge in [0.1, 0.15) is 17.0 Å². The molecule has 0 fully saturated rings. The Labute approximate surface area is 144 Å². The molecule has 6 heteroatoms. The van der Waals surface area contributed by atoms with Crippen molar-refractivity contribution in [2.24, 2.45) is 0 Å². The molecule has 0 bridgehead atoms. The van der Waals surface area contributed by atoms with Crippen LogP contribution >= 0.6 is 0 Å². The van der Waals surface area contributed by atoms with E-state index in [1.54, 1.807) is 6.20 Å². The molecule has 0 aliphatic carbocycles. The zero-order valence-corrected chi connectivity index (χ0v) is 14.0. The van der Waals surface area contributed by atoms with Crippen LogP contribution in [0.25, 0.3) is 22.4 Å². The third-order valence-corrected chi connectivity index (χ3v) is 3.92. The van der Waals surface area contributed by atoms with E-state index in [1.807, 2.05) is 49.4 Å². The van der Waals surface area contributed by atoms with Crippen molar-refractivity contribution >= 4 is 16.9 Å². The average molecular weight is 331 g/mol. The van der Waals surface area contributed by atoms with E-state index in [0.717, 1.165) is 17.0 Å². The number of aromatic nitrogens is 4. The van der Waals surface area contributed by atoms with Crippen LogP contribution in [0, 0.1) is 13.8 Å². The van der Waals surface area contributed by atoms with Gasteiger partial charge in [0.15, 0.2) is 5.82 Å². The first kappa shape index (κ1) is 15.3. The molecule has 25 heavy (non-hydrogen) atoms. The van der Waals surface area contributed by atoms with Crippen molar-refractivity contribution in [3.8, 4) is 11.3 Å². The van der Waals surface area contributed by atoms with E-state index in [9.17, 15) is 0 Å². The van der Waals surface area contributed by atoms with Gasteiger partial charge in [-0.1, -0.05) is 41.1 Å². The largest absolute Gasteiger partial charge is 0.361 e. The summed E-state index contributed by atoms with van der Waals surface area (Å²) in [5, 5.41) is 7.49. The third kappa shape index (κ3) is 3.06. The van der Waals surface area contributed by atoms with Crippen molar-refractivity contribution in [3.05, 3.63) is 65.7 Å². The number of hydrogen-bond acceptors (Lipinski definition) is 6. The van der Waals surface area contributed by atoms with Crippen LogP contribution in [0.1, 0.15) is 17.1 Å². The Kier molecular flexibility index (Phi) is 3.85. The highest BCUT2D eigenvalue weighted by Gasteiger charge is 2.17. The molecule has 0 amide bonds. The summed E-state index contributed by atoms with van der Waals surface area (Å²) in [4.78, 5) is 13.3. The summed E-state index contributed by atoms with van der Waals surface area (Å²) >= 11 is 0. The van der Waals surface area contributed by atoms with Crippen LogP contribution in [0.2, 0.25) is 0 Å². The van der Waals surface area contributed by atoms with Crippen molar-refractivity contribution < 1.29 is 4.52 Å². The van der Waals surface area contributed by atoms with Crippen molar-refractivity contribution in [1.29, 1.82) is 0 Å². The van der Waals surface area contributed by atoms with E-state index >= 15 is 0 Å². The van der Waals surface area contributed by atoms with Gasteiger partial charge in [0.2, 0.25) is 5.58 Å². The van der Waals surface area contributed by atoms with Crippen molar-refractivity contribution in [1.82, 2.24) is 20.1 Å². The Balaban J connectivity index is 1.72. The second-order valence-corrected chi connectivity index (χ2v) is 5.87. The van der Waals surface area contributed by atoms with Crippen LogP contribution in [0.5, 0.6) is 0 Å². The highest BCUT2D eigenvalue weighted by molar-refractivity contribution is 5.93. The quantitative estimate of drug-likeness (QED) is 0.611. The van der Waals surface area contributed by atoms with Crippen molar-refractivity contribution in [2.45, 2.75) is 20.4 Å². The molecule has 124 valence electrons. The number of nitrogens with one attached hydrogen (secondary N) is 1. The minimum atomic E-state index is 0.549. The lowest BCUT2D eigenvalue weighted by Crippen LogP contribution is -2.04. The summed E-state index contributed by atoms with van der Waals surface area (Å²) in [7, 11) is 0. The molecule has 1 aromatic carbocycles. The molecule has 3 heterocycles. The maximum atomic E-state index is 5.55. The molecule has 0 radical (unpaired) electrons. The fourth-order valence-corrected chi connectivity index (χ4v) is 2.64. The van der Waals surface area contributed by atoms with Gasteiger partial charge >= 0.3 is 0 Å². The first-order valence-corrected chi connectivity index (χ1v) is 8.05. The van der Waals surface area contributed by atoms with Crippen LogP contribution in [-0.4, -0.2) is 20.1 Å². The lowest BCUT2D eigenvalue weighted by Gasteiger charge is -2.06. The minimum Gasteiger partial charge on any atom is -0.361 e. The summed E-state index contributed by atoms with van der Waals surface area (Å²) in [5.74, 6) is 1.28. The van der Waals surface area contributed by atoms with Gasteiger partial charge in [0.25, 0.3) is 0 Å². The van der Waals surface area contributed by atoms with E-state index in [-0.39, 0.29) is 0 Å². The second kappa shape index (κ2) is 6.32. The molecule has 1 N–H and O–H groups in total. The summed E-state index contributed by atoms with van der Waals surface area (Å²) in [6.07, 6.45) is 1.77.